The first-order chi connectivity index (χ1) is 14.0. The fourth-order valence-corrected chi connectivity index (χ4v) is 2.95. The maximum atomic E-state index is 12.9. The van der Waals surface area contributed by atoms with Gasteiger partial charge in [0.1, 0.15) is 17.1 Å². The van der Waals surface area contributed by atoms with Gasteiger partial charge in [-0.1, -0.05) is 17.7 Å². The second kappa shape index (κ2) is 7.93. The predicted molar refractivity (Wildman–Crippen MR) is 110 cm³/mol. The van der Waals surface area contributed by atoms with Gasteiger partial charge in [-0.3, -0.25) is 4.79 Å². The summed E-state index contributed by atoms with van der Waals surface area (Å²) in [6.07, 6.45) is 0. The molecule has 0 saturated carbocycles. The third-order valence-corrected chi connectivity index (χ3v) is 4.53. The third kappa shape index (κ3) is 4.38. The maximum absolute atomic E-state index is 12.9. The summed E-state index contributed by atoms with van der Waals surface area (Å²) in [5.41, 5.74) is 3.51. The average molecular weight is 411 g/mol. The van der Waals surface area contributed by atoms with E-state index in [2.05, 4.69) is 10.3 Å². The molecule has 0 saturated heterocycles. The molecule has 3 aromatic carbocycles. The van der Waals surface area contributed by atoms with Crippen molar-refractivity contribution in [2.45, 2.75) is 6.92 Å². The Kier molecular flexibility index (Phi) is 5.18. The van der Waals surface area contributed by atoms with Gasteiger partial charge in [0.05, 0.1) is 0 Å². The number of hydrogen-bond acceptors (Lipinski definition) is 4. The molecule has 4 rings (SSSR count). The molecule has 1 aromatic heterocycles. The Balaban J connectivity index is 1.50. The van der Waals surface area contributed by atoms with Crippen molar-refractivity contribution in [3.8, 4) is 17.2 Å². The van der Waals surface area contributed by atoms with Gasteiger partial charge < -0.3 is 14.5 Å². The van der Waals surface area contributed by atoms with Gasteiger partial charge in [-0.15, -0.1) is 0 Å². The average Bonchev–Trinajstić information content (AvgIpc) is 3.12. The highest BCUT2D eigenvalue weighted by Crippen LogP contribution is 2.29. The highest BCUT2D eigenvalue weighted by molar-refractivity contribution is 6.31. The lowest BCUT2D eigenvalue weighted by atomic mass is 10.1. The zero-order valence-corrected chi connectivity index (χ0v) is 16.2. The molecule has 0 aliphatic heterocycles. The first-order valence-electron chi connectivity index (χ1n) is 8.83. The largest absolute Gasteiger partial charge is 0.484 e. The number of carbonyl (C=O) groups excluding carboxylic acids is 1. The van der Waals surface area contributed by atoms with Crippen molar-refractivity contribution < 1.29 is 18.3 Å². The summed E-state index contributed by atoms with van der Waals surface area (Å²) in [6.45, 7) is 1.68. The number of rotatable bonds is 5. The van der Waals surface area contributed by atoms with Gasteiger partial charge in [-0.25, -0.2) is 9.37 Å². The molecular formula is C22H16ClFN2O3. The van der Waals surface area contributed by atoms with E-state index in [1.165, 1.54) is 24.3 Å². The van der Waals surface area contributed by atoms with Crippen molar-refractivity contribution in [3.05, 3.63) is 77.1 Å². The Morgan fingerprint density at radius 3 is 2.72 bits per heavy atom. The monoisotopic (exact) mass is 410 g/mol. The number of hydrogen-bond donors (Lipinski definition) is 1. The van der Waals surface area contributed by atoms with Crippen LogP contribution in [0.3, 0.4) is 0 Å². The summed E-state index contributed by atoms with van der Waals surface area (Å²) in [6, 6.07) is 16.2. The van der Waals surface area contributed by atoms with E-state index in [4.69, 9.17) is 20.8 Å². The topological polar surface area (TPSA) is 64.4 Å². The molecule has 1 heterocycles. The number of aryl methyl sites for hydroxylation is 1. The second-order valence-corrected chi connectivity index (χ2v) is 6.89. The molecule has 1 N–H and O–H groups in total. The lowest BCUT2D eigenvalue weighted by molar-refractivity contribution is -0.118. The molecule has 29 heavy (non-hydrogen) atoms. The van der Waals surface area contributed by atoms with Gasteiger partial charge in [0.25, 0.3) is 5.91 Å². The quantitative estimate of drug-likeness (QED) is 0.464. The molecule has 4 aromatic rings. The molecule has 5 nitrogen and oxygen atoms in total. The molecule has 0 unspecified atom stereocenters. The van der Waals surface area contributed by atoms with Crippen LogP contribution in [-0.2, 0) is 4.79 Å². The summed E-state index contributed by atoms with van der Waals surface area (Å²) < 4.78 is 24.1. The highest BCUT2D eigenvalue weighted by Gasteiger charge is 2.12. The first kappa shape index (κ1) is 19.0. The standard InChI is InChI=1S/C22H16ClFN2O3/c1-13-2-3-14(22-26-19-11-15(23)4-9-20(19)29-22)10-18(13)25-21(27)12-28-17-7-5-16(24)6-8-17/h2-11H,12H2,1H3,(H,25,27). The van der Waals surface area contributed by atoms with Crippen LogP contribution in [0.4, 0.5) is 10.1 Å². The van der Waals surface area contributed by atoms with Crippen LogP contribution < -0.4 is 10.1 Å². The van der Waals surface area contributed by atoms with Gasteiger partial charge in [0.15, 0.2) is 12.2 Å². The van der Waals surface area contributed by atoms with E-state index in [1.807, 2.05) is 19.1 Å². The minimum Gasteiger partial charge on any atom is -0.484 e. The number of fused-ring (bicyclic) bond motifs is 1. The second-order valence-electron chi connectivity index (χ2n) is 6.45. The number of nitrogens with one attached hydrogen (secondary N) is 1. The van der Waals surface area contributed by atoms with Crippen molar-refractivity contribution >= 4 is 34.3 Å². The van der Waals surface area contributed by atoms with E-state index in [-0.39, 0.29) is 18.3 Å². The molecular weight excluding hydrogens is 395 g/mol. The van der Waals surface area contributed by atoms with E-state index in [0.717, 1.165) is 11.1 Å². The summed E-state index contributed by atoms with van der Waals surface area (Å²) in [7, 11) is 0. The van der Waals surface area contributed by atoms with Crippen molar-refractivity contribution in [3.63, 3.8) is 0 Å². The van der Waals surface area contributed by atoms with Gasteiger partial charge in [0, 0.05) is 16.3 Å². The Morgan fingerprint density at radius 1 is 1.14 bits per heavy atom. The van der Waals surface area contributed by atoms with Gasteiger partial charge in [-0.05, 0) is 67.1 Å². The number of aromatic nitrogens is 1. The summed E-state index contributed by atoms with van der Waals surface area (Å²) >= 11 is 6.00. The van der Waals surface area contributed by atoms with Crippen LogP contribution in [-0.4, -0.2) is 17.5 Å². The molecule has 0 aliphatic carbocycles. The van der Waals surface area contributed by atoms with Gasteiger partial charge >= 0.3 is 0 Å². The first-order valence-corrected chi connectivity index (χ1v) is 9.21. The fourth-order valence-electron chi connectivity index (χ4n) is 2.78. The van der Waals surface area contributed by atoms with Crippen molar-refractivity contribution in [2.24, 2.45) is 0 Å². The molecule has 0 bridgehead atoms. The third-order valence-electron chi connectivity index (χ3n) is 4.29. The van der Waals surface area contributed by atoms with Crippen LogP contribution in [0.1, 0.15) is 5.56 Å². The zero-order chi connectivity index (χ0) is 20.4. The van der Waals surface area contributed by atoms with E-state index in [0.29, 0.717) is 33.4 Å². The van der Waals surface area contributed by atoms with Crippen LogP contribution in [0.25, 0.3) is 22.6 Å². The summed E-state index contributed by atoms with van der Waals surface area (Å²) in [5, 5.41) is 3.40. The fraction of sp³-hybridized carbons (Fsp3) is 0.0909. The number of carbonyl (C=O) groups is 1. The molecule has 7 heteroatoms. The minimum absolute atomic E-state index is 0.198. The molecule has 146 valence electrons. The maximum Gasteiger partial charge on any atom is 0.262 e. The number of benzene rings is 3. The Labute approximate surface area is 171 Å². The SMILES string of the molecule is Cc1ccc(-c2nc3cc(Cl)ccc3o2)cc1NC(=O)COc1ccc(F)cc1. The number of ether oxygens (including phenoxy) is 1. The molecule has 0 fully saturated rings. The van der Waals surface area contributed by atoms with Crippen molar-refractivity contribution in [1.82, 2.24) is 4.98 Å². The zero-order valence-electron chi connectivity index (χ0n) is 15.4. The number of nitrogens with zero attached hydrogens (tertiary/aromatic N) is 1. The Hall–Kier alpha value is -3.38. The van der Waals surface area contributed by atoms with Crippen LogP contribution >= 0.6 is 11.6 Å². The van der Waals surface area contributed by atoms with Crippen LogP contribution in [0.2, 0.25) is 5.02 Å². The summed E-state index contributed by atoms with van der Waals surface area (Å²) in [5.74, 6) is 0.145. The van der Waals surface area contributed by atoms with Gasteiger partial charge in [0.2, 0.25) is 5.89 Å². The Morgan fingerprint density at radius 2 is 1.93 bits per heavy atom. The van der Waals surface area contributed by atoms with E-state index < -0.39 is 0 Å². The van der Waals surface area contributed by atoms with Crippen LogP contribution in [0.5, 0.6) is 5.75 Å². The Bertz CT molecular complexity index is 1190. The lowest BCUT2D eigenvalue weighted by Crippen LogP contribution is -2.20. The molecule has 0 radical (unpaired) electrons. The summed E-state index contributed by atoms with van der Waals surface area (Å²) in [4.78, 5) is 16.7. The number of halogens is 2. The number of anilines is 1. The van der Waals surface area contributed by atoms with Crippen molar-refractivity contribution in [1.29, 1.82) is 0 Å². The number of amides is 1. The van der Waals surface area contributed by atoms with Crippen LogP contribution in [0.15, 0.2) is 65.1 Å². The normalized spacial score (nSPS) is 10.9. The minimum atomic E-state index is -0.365. The van der Waals surface area contributed by atoms with Crippen LogP contribution in [0, 0.1) is 12.7 Å². The lowest BCUT2D eigenvalue weighted by Gasteiger charge is -2.10. The molecule has 0 spiro atoms. The predicted octanol–water partition coefficient (Wildman–Crippen LogP) is 5.61. The highest BCUT2D eigenvalue weighted by atomic mass is 35.5. The van der Waals surface area contributed by atoms with E-state index in [9.17, 15) is 9.18 Å². The molecule has 1 amide bonds. The van der Waals surface area contributed by atoms with E-state index in [1.54, 1.807) is 24.3 Å². The van der Waals surface area contributed by atoms with Gasteiger partial charge in [-0.2, -0.15) is 0 Å². The smallest absolute Gasteiger partial charge is 0.262 e. The molecule has 0 atom stereocenters. The van der Waals surface area contributed by atoms with Crippen molar-refractivity contribution in [2.75, 3.05) is 11.9 Å². The van der Waals surface area contributed by atoms with E-state index >= 15 is 0 Å². The molecule has 0 aliphatic rings. The number of oxazole rings is 1.